The summed E-state index contributed by atoms with van der Waals surface area (Å²) in [4.78, 5) is 30.4. The Morgan fingerprint density at radius 1 is 1.31 bits per heavy atom. The Balaban J connectivity index is 1.92. The summed E-state index contributed by atoms with van der Waals surface area (Å²) in [6.45, 7) is 6.40. The number of carboxylic acids is 1. The van der Waals surface area contributed by atoms with Gasteiger partial charge in [-0.3, -0.25) is 9.69 Å². The molecule has 1 amide bonds. The van der Waals surface area contributed by atoms with E-state index in [4.69, 9.17) is 14.6 Å². The van der Waals surface area contributed by atoms with Crippen LogP contribution in [0.5, 0.6) is 11.5 Å². The van der Waals surface area contributed by atoms with E-state index >= 15 is 0 Å². The maximum atomic E-state index is 12.8. The second-order valence-electron chi connectivity index (χ2n) is 6.59. The Hall–Kier alpha value is -2.79. The molecule has 0 aromatic heterocycles. The number of aromatic carboxylic acids is 1. The van der Waals surface area contributed by atoms with Crippen molar-refractivity contribution in [1.82, 2.24) is 4.90 Å². The quantitative estimate of drug-likeness (QED) is 0.270. The molecule has 1 N–H and O–H groups in total. The largest absolute Gasteiger partial charge is 0.490 e. The number of aliphatic imine (C=N–C) groups is 1. The first-order valence-corrected chi connectivity index (χ1v) is 11.5. The normalized spacial score (nSPS) is 16.0. The van der Waals surface area contributed by atoms with Gasteiger partial charge in [-0.1, -0.05) is 18.7 Å². The summed E-state index contributed by atoms with van der Waals surface area (Å²) in [7, 11) is 1.64. The van der Waals surface area contributed by atoms with Gasteiger partial charge >= 0.3 is 5.97 Å². The van der Waals surface area contributed by atoms with Crippen molar-refractivity contribution in [2.75, 3.05) is 20.3 Å². The minimum atomic E-state index is -1.03. The number of amides is 1. The molecule has 1 saturated heterocycles. The molecule has 0 unspecified atom stereocenters. The topological polar surface area (TPSA) is 88.4 Å². The summed E-state index contributed by atoms with van der Waals surface area (Å²) in [5.74, 6) is 0.00770. The van der Waals surface area contributed by atoms with Gasteiger partial charge in [0, 0.05) is 7.05 Å². The van der Waals surface area contributed by atoms with Crippen LogP contribution >= 0.6 is 34.4 Å². The van der Waals surface area contributed by atoms with Crippen molar-refractivity contribution in [3.05, 3.63) is 68.7 Å². The molecule has 2 aromatic carbocycles. The summed E-state index contributed by atoms with van der Waals surface area (Å²) < 4.78 is 12.3. The maximum absolute atomic E-state index is 12.8. The molecular formula is C23H21IN2O5S. The molecule has 0 aliphatic carbocycles. The number of carbonyl (C=O) groups excluding carboxylic acids is 1. The molecule has 2 aromatic rings. The lowest BCUT2D eigenvalue weighted by Crippen LogP contribution is -2.23. The van der Waals surface area contributed by atoms with E-state index in [2.05, 4.69) is 34.2 Å². The number of hydrogen-bond donors (Lipinski definition) is 1. The van der Waals surface area contributed by atoms with Crippen LogP contribution in [-0.4, -0.2) is 47.3 Å². The van der Waals surface area contributed by atoms with E-state index in [1.807, 2.05) is 19.1 Å². The SMILES string of the molecule is C=CCOc1c(I)cc(/C=C2\SC(=Nc3cccc(C(=O)O)c3)N(C)C2=O)cc1OCC. The molecule has 1 fully saturated rings. The zero-order valence-corrected chi connectivity index (χ0v) is 20.5. The van der Waals surface area contributed by atoms with Crippen LogP contribution < -0.4 is 9.47 Å². The van der Waals surface area contributed by atoms with Crippen LogP contribution in [0.4, 0.5) is 5.69 Å². The summed E-state index contributed by atoms with van der Waals surface area (Å²) in [5.41, 5.74) is 1.39. The lowest BCUT2D eigenvalue weighted by Gasteiger charge is -2.13. The van der Waals surface area contributed by atoms with Crippen LogP contribution in [0.25, 0.3) is 6.08 Å². The lowest BCUT2D eigenvalue weighted by atomic mass is 10.2. The first-order chi connectivity index (χ1) is 15.3. The highest BCUT2D eigenvalue weighted by atomic mass is 127. The van der Waals surface area contributed by atoms with Crippen LogP contribution in [0.3, 0.4) is 0 Å². The Labute approximate surface area is 204 Å². The van der Waals surface area contributed by atoms with Crippen LogP contribution in [-0.2, 0) is 4.79 Å². The van der Waals surface area contributed by atoms with Crippen molar-refractivity contribution in [3.63, 3.8) is 0 Å². The van der Waals surface area contributed by atoms with E-state index in [0.717, 1.165) is 9.13 Å². The molecule has 9 heteroatoms. The summed E-state index contributed by atoms with van der Waals surface area (Å²) in [6.07, 6.45) is 3.44. The van der Waals surface area contributed by atoms with Gasteiger partial charge in [0.1, 0.15) is 6.61 Å². The Bertz CT molecular complexity index is 1130. The second-order valence-corrected chi connectivity index (χ2v) is 8.76. The highest BCUT2D eigenvalue weighted by Gasteiger charge is 2.30. The van der Waals surface area contributed by atoms with E-state index in [0.29, 0.717) is 40.5 Å². The van der Waals surface area contributed by atoms with E-state index in [1.165, 1.54) is 28.8 Å². The van der Waals surface area contributed by atoms with Crippen molar-refractivity contribution in [3.8, 4) is 11.5 Å². The van der Waals surface area contributed by atoms with Gasteiger partial charge in [0.2, 0.25) is 0 Å². The van der Waals surface area contributed by atoms with Gasteiger partial charge in [0.05, 0.1) is 26.3 Å². The summed E-state index contributed by atoms with van der Waals surface area (Å²) >= 11 is 3.40. The Kier molecular flexibility index (Phi) is 7.97. The van der Waals surface area contributed by atoms with E-state index in [-0.39, 0.29) is 11.5 Å². The van der Waals surface area contributed by atoms with Gasteiger partial charge in [-0.15, -0.1) is 0 Å². The average Bonchev–Trinajstić information content (AvgIpc) is 3.01. The predicted octanol–water partition coefficient (Wildman–Crippen LogP) is 5.19. The molecule has 0 saturated carbocycles. The third-order valence-corrected chi connectivity index (χ3v) is 6.16. The molecule has 0 spiro atoms. The van der Waals surface area contributed by atoms with Crippen LogP contribution in [0.1, 0.15) is 22.8 Å². The number of benzene rings is 2. The van der Waals surface area contributed by atoms with Gasteiger partial charge in [0.25, 0.3) is 5.91 Å². The number of halogens is 1. The van der Waals surface area contributed by atoms with E-state index in [9.17, 15) is 9.59 Å². The standard InChI is InChI=1S/C23H21IN2O5S/c1-4-9-31-20-17(24)10-14(11-18(20)30-5-2)12-19-21(27)26(3)23(32-19)25-16-8-6-7-15(13-16)22(28)29/h4,6-8,10-13H,1,5,9H2,2-3H3,(H,28,29)/b19-12-,25-23?. The molecular weight excluding hydrogens is 543 g/mol. The number of ether oxygens (including phenoxy) is 2. The monoisotopic (exact) mass is 564 g/mol. The number of thioether (sulfide) groups is 1. The van der Waals surface area contributed by atoms with Gasteiger partial charge in [-0.05, 0) is 83.2 Å². The average molecular weight is 564 g/mol. The fraction of sp³-hybridized carbons (Fsp3) is 0.174. The molecule has 0 atom stereocenters. The highest BCUT2D eigenvalue weighted by Crippen LogP contribution is 2.37. The lowest BCUT2D eigenvalue weighted by molar-refractivity contribution is -0.121. The minimum absolute atomic E-state index is 0.136. The number of carboxylic acid groups (broad SMARTS) is 1. The molecule has 7 nitrogen and oxygen atoms in total. The molecule has 0 radical (unpaired) electrons. The van der Waals surface area contributed by atoms with Gasteiger partial charge in [-0.2, -0.15) is 0 Å². The molecule has 3 rings (SSSR count). The first kappa shape index (κ1) is 23.9. The summed E-state index contributed by atoms with van der Waals surface area (Å²) in [6, 6.07) is 10.0. The number of hydrogen-bond acceptors (Lipinski definition) is 6. The summed E-state index contributed by atoms with van der Waals surface area (Å²) in [5, 5.41) is 9.64. The van der Waals surface area contributed by atoms with Gasteiger partial charge < -0.3 is 14.6 Å². The molecule has 1 aliphatic rings. The van der Waals surface area contributed by atoms with Crippen molar-refractivity contribution in [2.45, 2.75) is 6.92 Å². The fourth-order valence-corrected chi connectivity index (χ4v) is 4.61. The third kappa shape index (κ3) is 5.52. The van der Waals surface area contributed by atoms with Crippen molar-refractivity contribution >= 4 is 63.2 Å². The molecule has 1 aliphatic heterocycles. The number of carbonyl (C=O) groups is 2. The molecule has 1 heterocycles. The van der Waals surface area contributed by atoms with E-state index < -0.39 is 5.97 Å². The van der Waals surface area contributed by atoms with Crippen LogP contribution in [0.15, 0.2) is 59.0 Å². The minimum Gasteiger partial charge on any atom is -0.490 e. The zero-order valence-electron chi connectivity index (χ0n) is 17.5. The number of nitrogens with zero attached hydrogens (tertiary/aromatic N) is 2. The smallest absolute Gasteiger partial charge is 0.335 e. The predicted molar refractivity (Wildman–Crippen MR) is 135 cm³/mol. The number of likely N-dealkylation sites (N-methyl/N-ethyl adjacent to an activating group) is 1. The number of rotatable bonds is 8. The Morgan fingerprint density at radius 2 is 2.09 bits per heavy atom. The van der Waals surface area contributed by atoms with Crippen LogP contribution in [0.2, 0.25) is 0 Å². The maximum Gasteiger partial charge on any atom is 0.335 e. The van der Waals surface area contributed by atoms with Crippen LogP contribution in [0, 0.1) is 3.57 Å². The first-order valence-electron chi connectivity index (χ1n) is 9.63. The van der Waals surface area contributed by atoms with Gasteiger partial charge in [0.15, 0.2) is 16.7 Å². The Morgan fingerprint density at radius 3 is 2.78 bits per heavy atom. The fourth-order valence-electron chi connectivity index (χ4n) is 2.84. The zero-order chi connectivity index (χ0) is 23.3. The van der Waals surface area contributed by atoms with Crippen molar-refractivity contribution in [1.29, 1.82) is 0 Å². The second kappa shape index (κ2) is 10.7. The number of amidine groups is 1. The molecule has 32 heavy (non-hydrogen) atoms. The molecule has 166 valence electrons. The van der Waals surface area contributed by atoms with Crippen molar-refractivity contribution < 1.29 is 24.2 Å². The van der Waals surface area contributed by atoms with Crippen molar-refractivity contribution in [2.24, 2.45) is 4.99 Å². The third-order valence-electron chi connectivity index (χ3n) is 4.30. The molecule has 0 bridgehead atoms. The van der Waals surface area contributed by atoms with E-state index in [1.54, 1.807) is 31.3 Å². The van der Waals surface area contributed by atoms with Gasteiger partial charge in [-0.25, -0.2) is 9.79 Å². The highest BCUT2D eigenvalue weighted by molar-refractivity contribution is 14.1.